The molecule has 1 aromatic carbocycles. The van der Waals surface area contributed by atoms with E-state index in [9.17, 15) is 18.0 Å². The Morgan fingerprint density at radius 1 is 1.06 bits per heavy atom. The van der Waals surface area contributed by atoms with Gasteiger partial charge in [0.25, 0.3) is 5.56 Å². The van der Waals surface area contributed by atoms with E-state index in [2.05, 4.69) is 15.6 Å². The van der Waals surface area contributed by atoms with Crippen LogP contribution in [0, 0.1) is 0 Å². The third kappa shape index (κ3) is 3.06. The minimum atomic E-state index is -3.53. The first kappa shape index (κ1) is 19.9. The number of rotatable bonds is 2. The summed E-state index contributed by atoms with van der Waals surface area (Å²) in [5.74, 6) is -0.122. The number of sulfone groups is 1. The lowest BCUT2D eigenvalue weighted by atomic mass is 9.79. The summed E-state index contributed by atoms with van der Waals surface area (Å²) in [5.41, 5.74) is 2.07. The minimum absolute atomic E-state index is 0.112. The van der Waals surface area contributed by atoms with Gasteiger partial charge in [-0.3, -0.25) is 9.59 Å². The number of benzene rings is 1. The summed E-state index contributed by atoms with van der Waals surface area (Å²) >= 11 is 0. The molecule has 8 nitrogen and oxygen atoms in total. The highest BCUT2D eigenvalue weighted by Crippen LogP contribution is 2.46. The number of carbonyl (C=O) groups excluding carboxylic acids is 1. The molecule has 0 atom stereocenters. The number of amides is 1. The van der Waals surface area contributed by atoms with E-state index in [0.717, 1.165) is 43.9 Å². The number of anilines is 2. The van der Waals surface area contributed by atoms with Crippen LogP contribution in [0.2, 0.25) is 0 Å². The molecule has 1 saturated carbocycles. The van der Waals surface area contributed by atoms with E-state index in [1.165, 1.54) is 10.6 Å². The smallest absolute Gasteiger partial charge is 0.274 e. The number of aromatic amines is 1. The first-order chi connectivity index (χ1) is 14.7. The zero-order valence-electron chi connectivity index (χ0n) is 17.4. The molecular formula is C22H24N4O4S. The Hall–Kier alpha value is -3.07. The van der Waals surface area contributed by atoms with Crippen LogP contribution in [0.3, 0.4) is 0 Å². The predicted molar refractivity (Wildman–Crippen MR) is 120 cm³/mol. The van der Waals surface area contributed by atoms with Gasteiger partial charge >= 0.3 is 0 Å². The highest BCUT2D eigenvalue weighted by Gasteiger charge is 2.43. The van der Waals surface area contributed by atoms with E-state index in [0.29, 0.717) is 27.8 Å². The highest BCUT2D eigenvalue weighted by atomic mass is 32.2. The first-order valence-electron chi connectivity index (χ1n) is 10.3. The van der Waals surface area contributed by atoms with Gasteiger partial charge in [-0.05, 0) is 31.0 Å². The number of aromatic nitrogens is 2. The summed E-state index contributed by atoms with van der Waals surface area (Å²) in [7, 11) is -1.87. The van der Waals surface area contributed by atoms with Gasteiger partial charge in [0.05, 0.1) is 16.3 Å². The monoisotopic (exact) mass is 440 g/mol. The molecule has 0 saturated heterocycles. The van der Waals surface area contributed by atoms with Crippen molar-refractivity contribution in [2.24, 2.45) is 7.05 Å². The van der Waals surface area contributed by atoms with E-state index in [-0.39, 0.29) is 16.4 Å². The minimum Gasteiger partial charge on any atom is -0.369 e. The number of hydrogen-bond acceptors (Lipinski definition) is 5. The average Bonchev–Trinajstić information content (AvgIpc) is 3.21. The van der Waals surface area contributed by atoms with Gasteiger partial charge in [-0.2, -0.15) is 0 Å². The van der Waals surface area contributed by atoms with E-state index in [1.807, 2.05) is 6.07 Å². The van der Waals surface area contributed by atoms with Gasteiger partial charge in [-0.15, -0.1) is 0 Å². The summed E-state index contributed by atoms with van der Waals surface area (Å²) in [6, 6.07) is 4.94. The van der Waals surface area contributed by atoms with Gasteiger partial charge in [0.2, 0.25) is 5.91 Å². The van der Waals surface area contributed by atoms with Crippen molar-refractivity contribution in [3.8, 4) is 11.1 Å². The third-order valence-corrected chi connectivity index (χ3v) is 7.57. The quantitative estimate of drug-likeness (QED) is 0.567. The molecule has 5 rings (SSSR count). The van der Waals surface area contributed by atoms with Gasteiger partial charge in [0.15, 0.2) is 9.84 Å². The van der Waals surface area contributed by atoms with Crippen molar-refractivity contribution in [2.75, 3.05) is 16.9 Å². The first-order valence-corrected chi connectivity index (χ1v) is 12.2. The Kier molecular flexibility index (Phi) is 4.30. The van der Waals surface area contributed by atoms with Gasteiger partial charge in [0, 0.05) is 42.2 Å². The van der Waals surface area contributed by atoms with Crippen LogP contribution in [0.5, 0.6) is 0 Å². The Bertz CT molecular complexity index is 1390. The summed E-state index contributed by atoms with van der Waals surface area (Å²) in [5, 5.41) is 7.16. The molecule has 9 heteroatoms. The molecule has 1 fully saturated rings. The van der Waals surface area contributed by atoms with Crippen molar-refractivity contribution in [1.82, 2.24) is 9.55 Å². The maximum atomic E-state index is 13.0. The molecule has 3 N–H and O–H groups in total. The van der Waals surface area contributed by atoms with Crippen molar-refractivity contribution >= 4 is 38.0 Å². The summed E-state index contributed by atoms with van der Waals surface area (Å²) in [6.45, 7) is 0. The predicted octanol–water partition coefficient (Wildman–Crippen LogP) is 3.00. The van der Waals surface area contributed by atoms with Crippen LogP contribution in [0.4, 0.5) is 11.4 Å². The highest BCUT2D eigenvalue weighted by molar-refractivity contribution is 7.90. The second-order valence-corrected chi connectivity index (χ2v) is 10.6. The van der Waals surface area contributed by atoms with Crippen LogP contribution >= 0.6 is 0 Å². The molecule has 162 valence electrons. The number of nitrogens with zero attached hydrogens (tertiary/aromatic N) is 1. The van der Waals surface area contributed by atoms with Crippen LogP contribution in [0.1, 0.15) is 32.1 Å². The van der Waals surface area contributed by atoms with Crippen molar-refractivity contribution in [3.05, 3.63) is 40.9 Å². The molecule has 0 radical (unpaired) electrons. The van der Waals surface area contributed by atoms with Crippen LogP contribution < -0.4 is 16.2 Å². The van der Waals surface area contributed by atoms with Gasteiger partial charge in [0.1, 0.15) is 11.1 Å². The van der Waals surface area contributed by atoms with Gasteiger partial charge < -0.3 is 20.2 Å². The topological polar surface area (TPSA) is 113 Å². The lowest BCUT2D eigenvalue weighted by molar-refractivity contribution is -0.121. The Labute approximate surface area is 179 Å². The zero-order valence-corrected chi connectivity index (χ0v) is 18.2. The lowest BCUT2D eigenvalue weighted by Gasteiger charge is -2.42. The molecule has 3 heterocycles. The maximum Gasteiger partial charge on any atom is 0.274 e. The Morgan fingerprint density at radius 3 is 2.52 bits per heavy atom. The summed E-state index contributed by atoms with van der Waals surface area (Å²) in [4.78, 5) is 28.7. The van der Waals surface area contributed by atoms with Crippen molar-refractivity contribution in [1.29, 1.82) is 0 Å². The van der Waals surface area contributed by atoms with Gasteiger partial charge in [-0.25, -0.2) is 8.42 Å². The zero-order chi connectivity index (χ0) is 22.0. The van der Waals surface area contributed by atoms with E-state index in [4.69, 9.17) is 0 Å². The molecule has 1 amide bonds. The van der Waals surface area contributed by atoms with Crippen molar-refractivity contribution in [3.63, 3.8) is 0 Å². The number of carbonyl (C=O) groups is 1. The molecule has 1 aliphatic heterocycles. The van der Waals surface area contributed by atoms with E-state index in [1.54, 1.807) is 25.5 Å². The molecule has 2 aromatic heterocycles. The normalized spacial score (nSPS) is 17.9. The number of fused-ring (bicyclic) bond motifs is 2. The van der Waals surface area contributed by atoms with Crippen LogP contribution in [0.15, 0.2) is 40.3 Å². The second kappa shape index (κ2) is 6.71. The number of nitrogens with one attached hydrogen (secondary N) is 3. The number of hydrogen-bond donors (Lipinski definition) is 3. The number of H-pyrrole nitrogens is 1. The molecule has 2 aliphatic rings. The molecular weight excluding hydrogens is 416 g/mol. The van der Waals surface area contributed by atoms with Crippen molar-refractivity contribution < 1.29 is 13.2 Å². The Balaban J connectivity index is 1.82. The fraction of sp³-hybridized carbons (Fsp3) is 0.364. The Morgan fingerprint density at radius 2 is 1.81 bits per heavy atom. The molecule has 0 bridgehead atoms. The largest absolute Gasteiger partial charge is 0.369 e. The molecule has 1 aliphatic carbocycles. The number of pyridine rings is 1. The lowest BCUT2D eigenvalue weighted by Crippen LogP contribution is -2.53. The van der Waals surface area contributed by atoms with E-state index >= 15 is 0 Å². The van der Waals surface area contributed by atoms with Crippen LogP contribution in [-0.2, 0) is 21.7 Å². The fourth-order valence-electron chi connectivity index (χ4n) is 4.80. The maximum absolute atomic E-state index is 13.0. The van der Waals surface area contributed by atoms with Crippen LogP contribution in [-0.4, -0.2) is 35.7 Å². The van der Waals surface area contributed by atoms with Gasteiger partial charge in [-0.1, -0.05) is 19.3 Å². The summed E-state index contributed by atoms with van der Waals surface area (Å²) < 4.78 is 26.3. The molecule has 31 heavy (non-hydrogen) atoms. The molecule has 1 spiro atoms. The van der Waals surface area contributed by atoms with E-state index < -0.39 is 15.4 Å². The third-order valence-electron chi connectivity index (χ3n) is 6.48. The molecule has 0 unspecified atom stereocenters. The number of aryl methyl sites for hydroxylation is 1. The fourth-order valence-corrected chi connectivity index (χ4v) is 5.47. The van der Waals surface area contributed by atoms with Crippen molar-refractivity contribution in [2.45, 2.75) is 42.5 Å². The SMILES string of the molecule is Cn1cc(-c2cc(S(C)(=O)=O)cc3c2NC2(CCCCC2)C(=O)N3)c2cc[nH]c2c1=O. The second-order valence-electron chi connectivity index (χ2n) is 8.61. The summed E-state index contributed by atoms with van der Waals surface area (Å²) in [6.07, 6.45) is 8.99. The molecule has 3 aromatic rings. The average molecular weight is 441 g/mol. The van der Waals surface area contributed by atoms with Crippen LogP contribution in [0.25, 0.3) is 22.0 Å². The standard InChI is InChI=1S/C22H24N4O4S/c1-26-12-16(14-6-9-23-19(14)20(26)27)15-10-13(31(2,29)30)11-17-18(15)25-22(21(28)24-17)7-4-3-5-8-22/h6,9-12,23,25H,3-5,7-8H2,1-2H3,(H,24,28).